The van der Waals surface area contributed by atoms with E-state index in [1.807, 2.05) is 45.0 Å². The lowest BCUT2D eigenvalue weighted by molar-refractivity contribution is -0.147. The maximum atomic E-state index is 12.1. The summed E-state index contributed by atoms with van der Waals surface area (Å²) in [5, 5.41) is 0. The first-order valence-corrected chi connectivity index (χ1v) is 7.24. The molecule has 1 heterocycles. The molecule has 0 unspecified atom stereocenters. The predicted octanol–water partition coefficient (Wildman–Crippen LogP) is 1.45. The number of benzene rings is 1. The third kappa shape index (κ3) is 3.97. The molecule has 2 rings (SSSR count). The molecule has 0 spiro atoms. The maximum absolute atomic E-state index is 12.1. The first-order chi connectivity index (χ1) is 9.97. The normalized spacial score (nSPS) is 15.5. The van der Waals surface area contributed by atoms with Gasteiger partial charge in [-0.2, -0.15) is 0 Å². The van der Waals surface area contributed by atoms with Crippen LogP contribution in [-0.2, 0) is 9.59 Å². The summed E-state index contributed by atoms with van der Waals surface area (Å²) >= 11 is 0. The summed E-state index contributed by atoms with van der Waals surface area (Å²) in [6.45, 7) is 7.21. The highest BCUT2D eigenvalue weighted by atomic mass is 16.5. The highest BCUT2D eigenvalue weighted by Gasteiger charge is 2.28. The Morgan fingerprint density at radius 2 is 2.10 bits per heavy atom. The van der Waals surface area contributed by atoms with E-state index in [0.717, 1.165) is 5.56 Å². The van der Waals surface area contributed by atoms with Gasteiger partial charge in [-0.05, 0) is 38.5 Å². The van der Waals surface area contributed by atoms with Crippen LogP contribution in [0.4, 0.5) is 0 Å². The summed E-state index contributed by atoms with van der Waals surface area (Å²) in [6.07, 6.45) is 0. The van der Waals surface area contributed by atoms with Crippen LogP contribution in [0.1, 0.15) is 19.4 Å². The third-order valence-electron chi connectivity index (χ3n) is 3.59. The lowest BCUT2D eigenvalue weighted by Gasteiger charge is -2.36. The molecule has 0 radical (unpaired) electrons. The van der Waals surface area contributed by atoms with Gasteiger partial charge in [0.1, 0.15) is 5.75 Å². The molecule has 1 aromatic carbocycles. The molecular formula is C16H22N2O3. The molecule has 1 aliphatic rings. The number of amides is 2. The Balaban J connectivity index is 1.86. The number of piperazine rings is 1. The third-order valence-corrected chi connectivity index (χ3v) is 3.59. The summed E-state index contributed by atoms with van der Waals surface area (Å²) in [6, 6.07) is 7.74. The molecule has 1 fully saturated rings. The largest absolute Gasteiger partial charge is 0.484 e. The van der Waals surface area contributed by atoms with Crippen LogP contribution < -0.4 is 4.74 Å². The molecule has 1 saturated heterocycles. The van der Waals surface area contributed by atoms with Crippen LogP contribution in [0.15, 0.2) is 24.3 Å². The number of aryl methyl sites for hydroxylation is 1. The lowest BCUT2D eigenvalue weighted by atomic mass is 10.2. The summed E-state index contributed by atoms with van der Waals surface area (Å²) < 4.78 is 5.50. The van der Waals surface area contributed by atoms with Crippen molar-refractivity contribution in [2.45, 2.75) is 26.8 Å². The molecule has 114 valence electrons. The zero-order valence-corrected chi connectivity index (χ0v) is 12.8. The van der Waals surface area contributed by atoms with Gasteiger partial charge in [0.15, 0.2) is 6.61 Å². The minimum atomic E-state index is -0.145. The Bertz CT molecular complexity index is 528. The minimum absolute atomic E-state index is 0.000144. The van der Waals surface area contributed by atoms with Gasteiger partial charge in [-0.3, -0.25) is 9.59 Å². The molecule has 0 aromatic heterocycles. The molecule has 5 nitrogen and oxygen atoms in total. The van der Waals surface area contributed by atoms with Crippen LogP contribution in [0.5, 0.6) is 5.75 Å². The van der Waals surface area contributed by atoms with E-state index >= 15 is 0 Å². The number of rotatable bonds is 4. The fraction of sp³-hybridized carbons (Fsp3) is 0.500. The fourth-order valence-corrected chi connectivity index (χ4v) is 2.39. The molecule has 1 aliphatic heterocycles. The van der Waals surface area contributed by atoms with Crippen LogP contribution in [0.3, 0.4) is 0 Å². The standard InChI is InChI=1S/C16H22N2O3/c1-12(2)18-8-7-17(10-15(18)19)16(20)11-21-14-6-4-5-13(3)9-14/h4-6,9,12H,7-8,10-11H2,1-3H3. The van der Waals surface area contributed by atoms with E-state index in [-0.39, 0.29) is 31.0 Å². The van der Waals surface area contributed by atoms with Gasteiger partial charge in [-0.25, -0.2) is 0 Å². The first kappa shape index (κ1) is 15.4. The number of carbonyl (C=O) groups is 2. The molecular weight excluding hydrogens is 268 g/mol. The quantitative estimate of drug-likeness (QED) is 0.843. The molecule has 21 heavy (non-hydrogen) atoms. The van der Waals surface area contributed by atoms with E-state index in [2.05, 4.69) is 0 Å². The van der Waals surface area contributed by atoms with Crippen molar-refractivity contribution in [3.63, 3.8) is 0 Å². The molecule has 0 N–H and O–H groups in total. The van der Waals surface area contributed by atoms with Crippen LogP contribution >= 0.6 is 0 Å². The van der Waals surface area contributed by atoms with Crippen molar-refractivity contribution in [1.82, 2.24) is 9.80 Å². The van der Waals surface area contributed by atoms with E-state index in [1.165, 1.54) is 0 Å². The van der Waals surface area contributed by atoms with E-state index in [4.69, 9.17) is 4.74 Å². The Hall–Kier alpha value is -2.04. The molecule has 1 aromatic rings. The molecule has 2 amide bonds. The Labute approximate surface area is 125 Å². The van der Waals surface area contributed by atoms with Crippen molar-refractivity contribution in [3.8, 4) is 5.75 Å². The number of carbonyl (C=O) groups excluding carboxylic acids is 2. The van der Waals surface area contributed by atoms with E-state index in [0.29, 0.717) is 18.8 Å². The Morgan fingerprint density at radius 1 is 1.33 bits per heavy atom. The van der Waals surface area contributed by atoms with Gasteiger partial charge in [-0.1, -0.05) is 12.1 Å². The lowest BCUT2D eigenvalue weighted by Crippen LogP contribution is -2.55. The van der Waals surface area contributed by atoms with Crippen molar-refractivity contribution in [3.05, 3.63) is 29.8 Å². The second kappa shape index (κ2) is 6.61. The summed E-state index contributed by atoms with van der Waals surface area (Å²) in [7, 11) is 0. The van der Waals surface area contributed by atoms with Crippen molar-refractivity contribution in [2.24, 2.45) is 0 Å². The van der Waals surface area contributed by atoms with E-state index in [9.17, 15) is 9.59 Å². The van der Waals surface area contributed by atoms with Gasteiger partial charge >= 0.3 is 0 Å². The molecule has 0 aliphatic carbocycles. The average Bonchev–Trinajstić information content (AvgIpc) is 2.44. The van der Waals surface area contributed by atoms with E-state index < -0.39 is 0 Å². The average molecular weight is 290 g/mol. The topological polar surface area (TPSA) is 49.9 Å². The number of hydrogen-bond donors (Lipinski definition) is 0. The Morgan fingerprint density at radius 3 is 2.71 bits per heavy atom. The second-order valence-electron chi connectivity index (χ2n) is 5.60. The minimum Gasteiger partial charge on any atom is -0.484 e. The van der Waals surface area contributed by atoms with Crippen LogP contribution in [0, 0.1) is 6.92 Å². The predicted molar refractivity (Wildman–Crippen MR) is 80.1 cm³/mol. The highest BCUT2D eigenvalue weighted by Crippen LogP contribution is 2.13. The van der Waals surface area contributed by atoms with Crippen LogP contribution in [0.25, 0.3) is 0 Å². The van der Waals surface area contributed by atoms with Crippen LogP contribution in [0.2, 0.25) is 0 Å². The zero-order valence-electron chi connectivity index (χ0n) is 12.8. The number of hydrogen-bond acceptors (Lipinski definition) is 3. The first-order valence-electron chi connectivity index (χ1n) is 7.24. The fourth-order valence-electron chi connectivity index (χ4n) is 2.39. The smallest absolute Gasteiger partial charge is 0.261 e. The number of nitrogens with zero attached hydrogens (tertiary/aromatic N) is 2. The van der Waals surface area contributed by atoms with Crippen molar-refractivity contribution >= 4 is 11.8 Å². The summed E-state index contributed by atoms with van der Waals surface area (Å²) in [4.78, 5) is 27.4. The zero-order chi connectivity index (χ0) is 15.4. The van der Waals surface area contributed by atoms with Gasteiger partial charge in [-0.15, -0.1) is 0 Å². The SMILES string of the molecule is Cc1cccc(OCC(=O)N2CCN(C(C)C)C(=O)C2)c1. The van der Waals surface area contributed by atoms with Crippen LogP contribution in [-0.4, -0.2) is 53.9 Å². The van der Waals surface area contributed by atoms with Crippen molar-refractivity contribution < 1.29 is 14.3 Å². The monoisotopic (exact) mass is 290 g/mol. The molecule has 0 atom stereocenters. The van der Waals surface area contributed by atoms with Gasteiger partial charge < -0.3 is 14.5 Å². The summed E-state index contributed by atoms with van der Waals surface area (Å²) in [5.41, 5.74) is 1.08. The van der Waals surface area contributed by atoms with Gasteiger partial charge in [0, 0.05) is 19.1 Å². The van der Waals surface area contributed by atoms with Gasteiger partial charge in [0.2, 0.25) is 5.91 Å². The number of ether oxygens (including phenoxy) is 1. The van der Waals surface area contributed by atoms with Crippen molar-refractivity contribution in [2.75, 3.05) is 26.2 Å². The second-order valence-corrected chi connectivity index (χ2v) is 5.60. The highest BCUT2D eigenvalue weighted by molar-refractivity contribution is 5.86. The van der Waals surface area contributed by atoms with E-state index in [1.54, 1.807) is 9.80 Å². The molecule has 5 heteroatoms. The van der Waals surface area contributed by atoms with Gasteiger partial charge in [0.25, 0.3) is 5.91 Å². The molecule has 0 saturated carbocycles. The maximum Gasteiger partial charge on any atom is 0.261 e. The summed E-state index contributed by atoms with van der Waals surface area (Å²) in [5.74, 6) is 0.531. The van der Waals surface area contributed by atoms with Gasteiger partial charge in [0.05, 0.1) is 6.54 Å². The van der Waals surface area contributed by atoms with Crippen molar-refractivity contribution in [1.29, 1.82) is 0 Å². The molecule has 0 bridgehead atoms. The Kier molecular flexibility index (Phi) is 4.83.